The summed E-state index contributed by atoms with van der Waals surface area (Å²) in [6, 6.07) is 8.19. The quantitative estimate of drug-likeness (QED) is 0.914. The highest BCUT2D eigenvalue weighted by Crippen LogP contribution is 2.30. The predicted molar refractivity (Wildman–Crippen MR) is 81.6 cm³/mol. The van der Waals surface area contributed by atoms with E-state index < -0.39 is 0 Å². The summed E-state index contributed by atoms with van der Waals surface area (Å²) in [5, 5.41) is 3.74. The normalized spacial score (nSPS) is 23.3. The molecule has 1 aromatic heterocycles. The first-order valence-corrected chi connectivity index (χ1v) is 7.70. The summed E-state index contributed by atoms with van der Waals surface area (Å²) < 4.78 is 15.2. The van der Waals surface area contributed by atoms with E-state index in [0.29, 0.717) is 18.1 Å². The predicted octanol–water partition coefficient (Wildman–Crippen LogP) is 3.34. The zero-order chi connectivity index (χ0) is 14.7. The van der Waals surface area contributed by atoms with Gasteiger partial charge in [0.05, 0.1) is 6.33 Å². The summed E-state index contributed by atoms with van der Waals surface area (Å²) in [7, 11) is 0. The van der Waals surface area contributed by atoms with Gasteiger partial charge in [0.25, 0.3) is 0 Å². The summed E-state index contributed by atoms with van der Waals surface area (Å²) in [5.41, 5.74) is 1.17. The molecule has 1 aliphatic carbocycles. The third kappa shape index (κ3) is 3.50. The van der Waals surface area contributed by atoms with Crippen molar-refractivity contribution >= 4 is 0 Å². The lowest BCUT2D eigenvalue weighted by Crippen LogP contribution is -2.40. The van der Waals surface area contributed by atoms with Crippen LogP contribution < -0.4 is 5.32 Å². The van der Waals surface area contributed by atoms with E-state index in [9.17, 15) is 4.39 Å². The Balaban J connectivity index is 1.59. The smallest absolute Gasteiger partial charge is 0.123 e. The van der Waals surface area contributed by atoms with Crippen molar-refractivity contribution in [2.75, 3.05) is 0 Å². The maximum atomic E-state index is 12.9. The molecule has 1 N–H and O–H groups in total. The van der Waals surface area contributed by atoms with Crippen molar-refractivity contribution in [2.24, 2.45) is 0 Å². The van der Waals surface area contributed by atoms with E-state index in [-0.39, 0.29) is 5.82 Å². The van der Waals surface area contributed by atoms with E-state index in [4.69, 9.17) is 0 Å². The molecule has 0 amide bonds. The van der Waals surface area contributed by atoms with Crippen molar-refractivity contribution in [3.8, 4) is 0 Å². The van der Waals surface area contributed by atoms with Gasteiger partial charge in [-0.25, -0.2) is 9.37 Å². The Hall–Kier alpha value is -1.68. The maximum absolute atomic E-state index is 12.9. The van der Waals surface area contributed by atoms with Crippen LogP contribution in [-0.4, -0.2) is 21.6 Å². The summed E-state index contributed by atoms with van der Waals surface area (Å²) >= 11 is 0. The molecule has 0 bridgehead atoms. The number of benzene rings is 1. The number of nitrogens with zero attached hydrogens (tertiary/aromatic N) is 2. The Bertz CT molecular complexity index is 550. The van der Waals surface area contributed by atoms with Crippen molar-refractivity contribution in [1.29, 1.82) is 0 Å². The molecule has 0 radical (unpaired) electrons. The summed E-state index contributed by atoms with van der Waals surface area (Å²) in [6.07, 6.45) is 10.4. The van der Waals surface area contributed by atoms with Gasteiger partial charge in [0.1, 0.15) is 5.82 Å². The Morgan fingerprint density at radius 3 is 2.86 bits per heavy atom. The third-order valence-corrected chi connectivity index (χ3v) is 4.34. The van der Waals surface area contributed by atoms with E-state index in [0.717, 1.165) is 6.42 Å². The Morgan fingerprint density at radius 2 is 2.14 bits per heavy atom. The molecule has 0 aliphatic heterocycles. The molecular weight excluding hydrogens is 265 g/mol. The summed E-state index contributed by atoms with van der Waals surface area (Å²) in [6.45, 7) is 2.20. The van der Waals surface area contributed by atoms with Crippen LogP contribution in [0.4, 0.5) is 4.39 Å². The van der Waals surface area contributed by atoms with Crippen LogP contribution in [0.15, 0.2) is 43.0 Å². The minimum Gasteiger partial charge on any atom is -0.333 e. The van der Waals surface area contributed by atoms with Crippen LogP contribution in [0.2, 0.25) is 0 Å². The largest absolute Gasteiger partial charge is 0.333 e. The second-order valence-corrected chi connectivity index (χ2v) is 6.01. The first-order chi connectivity index (χ1) is 10.2. The van der Waals surface area contributed by atoms with Gasteiger partial charge in [0.2, 0.25) is 0 Å². The van der Waals surface area contributed by atoms with E-state index in [1.165, 1.54) is 37.0 Å². The molecule has 3 unspecified atom stereocenters. The van der Waals surface area contributed by atoms with Crippen LogP contribution in [0.5, 0.6) is 0 Å². The lowest BCUT2D eigenvalue weighted by molar-refractivity contribution is 0.358. The topological polar surface area (TPSA) is 29.9 Å². The van der Waals surface area contributed by atoms with Gasteiger partial charge in [-0.05, 0) is 50.3 Å². The zero-order valence-corrected chi connectivity index (χ0v) is 12.4. The number of hydrogen-bond acceptors (Lipinski definition) is 2. The van der Waals surface area contributed by atoms with Crippen molar-refractivity contribution in [3.63, 3.8) is 0 Å². The van der Waals surface area contributed by atoms with Gasteiger partial charge >= 0.3 is 0 Å². The molecule has 2 aromatic rings. The number of hydrogen-bond donors (Lipinski definition) is 1. The van der Waals surface area contributed by atoms with Crippen molar-refractivity contribution < 1.29 is 4.39 Å². The summed E-state index contributed by atoms with van der Waals surface area (Å²) in [5.74, 6) is -0.171. The number of imidazole rings is 1. The lowest BCUT2D eigenvalue weighted by Gasteiger charge is -2.26. The molecule has 112 valence electrons. The molecule has 1 aromatic carbocycles. The van der Waals surface area contributed by atoms with Gasteiger partial charge in [-0.15, -0.1) is 0 Å². The molecule has 3 atom stereocenters. The first kappa shape index (κ1) is 14.3. The monoisotopic (exact) mass is 287 g/mol. The number of aromatic nitrogens is 2. The van der Waals surface area contributed by atoms with Gasteiger partial charge in [-0.1, -0.05) is 12.1 Å². The van der Waals surface area contributed by atoms with Crippen LogP contribution in [0, 0.1) is 5.82 Å². The molecule has 21 heavy (non-hydrogen) atoms. The van der Waals surface area contributed by atoms with Crippen LogP contribution in [0.3, 0.4) is 0 Å². The minimum atomic E-state index is -0.171. The highest BCUT2D eigenvalue weighted by atomic mass is 19.1. The number of nitrogens with one attached hydrogen (secondary N) is 1. The fraction of sp³-hybridized carbons (Fsp3) is 0.471. The molecular formula is C17H22FN3. The van der Waals surface area contributed by atoms with Crippen molar-refractivity contribution in [2.45, 2.75) is 50.7 Å². The molecule has 3 rings (SSSR count). The minimum absolute atomic E-state index is 0.171. The highest BCUT2D eigenvalue weighted by molar-refractivity contribution is 5.17. The average molecular weight is 287 g/mol. The lowest BCUT2D eigenvalue weighted by atomic mass is 10.0. The van der Waals surface area contributed by atoms with E-state index >= 15 is 0 Å². The summed E-state index contributed by atoms with van der Waals surface area (Å²) in [4.78, 5) is 4.16. The number of rotatable bonds is 5. The Labute approximate surface area is 125 Å². The van der Waals surface area contributed by atoms with Crippen LogP contribution in [-0.2, 0) is 6.42 Å². The maximum Gasteiger partial charge on any atom is 0.123 e. The zero-order valence-electron chi connectivity index (χ0n) is 12.4. The van der Waals surface area contributed by atoms with Crippen molar-refractivity contribution in [3.05, 3.63) is 54.4 Å². The molecule has 3 nitrogen and oxygen atoms in total. The second-order valence-electron chi connectivity index (χ2n) is 6.01. The molecule has 4 heteroatoms. The van der Waals surface area contributed by atoms with Crippen LogP contribution >= 0.6 is 0 Å². The van der Waals surface area contributed by atoms with E-state index in [1.807, 2.05) is 24.7 Å². The van der Waals surface area contributed by atoms with E-state index in [2.05, 4.69) is 28.0 Å². The molecule has 1 fully saturated rings. The average Bonchev–Trinajstić information content (AvgIpc) is 3.11. The third-order valence-electron chi connectivity index (χ3n) is 4.34. The van der Waals surface area contributed by atoms with Crippen LogP contribution in [0.1, 0.15) is 37.8 Å². The van der Waals surface area contributed by atoms with E-state index in [1.54, 1.807) is 0 Å². The van der Waals surface area contributed by atoms with Crippen molar-refractivity contribution in [1.82, 2.24) is 14.9 Å². The standard InChI is InChI=1S/C17H22FN3/c1-13(11-14-5-7-15(18)8-6-14)20-16-3-2-4-17(16)21-10-9-19-12-21/h5-10,12-13,16-17,20H,2-4,11H2,1H3. The number of halogens is 1. The molecule has 1 heterocycles. The molecule has 0 saturated heterocycles. The molecule has 1 aliphatic rings. The van der Waals surface area contributed by atoms with Gasteiger partial charge in [0.15, 0.2) is 0 Å². The second kappa shape index (κ2) is 6.39. The SMILES string of the molecule is CC(Cc1ccc(F)cc1)NC1CCCC1n1ccnc1. The fourth-order valence-corrected chi connectivity index (χ4v) is 3.36. The van der Waals surface area contributed by atoms with Gasteiger partial charge in [-0.3, -0.25) is 0 Å². The van der Waals surface area contributed by atoms with Crippen LogP contribution in [0.25, 0.3) is 0 Å². The molecule has 0 spiro atoms. The Kier molecular flexibility index (Phi) is 4.34. The highest BCUT2D eigenvalue weighted by Gasteiger charge is 2.29. The van der Waals surface area contributed by atoms with Gasteiger partial charge in [-0.2, -0.15) is 0 Å². The fourth-order valence-electron chi connectivity index (χ4n) is 3.36. The molecule has 1 saturated carbocycles. The first-order valence-electron chi connectivity index (χ1n) is 7.70. The van der Waals surface area contributed by atoms with Gasteiger partial charge in [0, 0.05) is 30.5 Å². The Morgan fingerprint density at radius 1 is 1.33 bits per heavy atom. The van der Waals surface area contributed by atoms with Gasteiger partial charge < -0.3 is 9.88 Å².